The third-order valence-electron chi connectivity index (χ3n) is 3.10. The largest absolute Gasteiger partial charge is 0.392 e. The van der Waals surface area contributed by atoms with E-state index in [1.165, 1.54) is 0 Å². The Morgan fingerprint density at radius 1 is 1.54 bits per heavy atom. The first kappa shape index (κ1) is 9.12. The molecular weight excluding hydrogens is 172 g/mol. The van der Waals surface area contributed by atoms with E-state index in [1.807, 2.05) is 0 Å². The number of aldehydes is 1. The van der Waals surface area contributed by atoms with E-state index in [0.29, 0.717) is 6.42 Å². The van der Waals surface area contributed by atoms with Gasteiger partial charge in [-0.1, -0.05) is 0 Å². The average Bonchev–Trinajstić information content (AvgIpc) is 2.60. The highest BCUT2D eigenvalue weighted by molar-refractivity contribution is 5.56. The van der Waals surface area contributed by atoms with Crippen LogP contribution in [0, 0.1) is 11.8 Å². The van der Waals surface area contributed by atoms with E-state index >= 15 is 0 Å². The molecule has 0 aromatic heterocycles. The zero-order valence-electron chi connectivity index (χ0n) is 7.55. The van der Waals surface area contributed by atoms with Gasteiger partial charge in [-0.15, -0.1) is 0 Å². The quantitative estimate of drug-likeness (QED) is 0.614. The van der Waals surface area contributed by atoms with Gasteiger partial charge < -0.3 is 19.4 Å². The van der Waals surface area contributed by atoms with Crippen molar-refractivity contribution < 1.29 is 19.4 Å². The lowest BCUT2D eigenvalue weighted by Gasteiger charge is -2.13. The highest BCUT2D eigenvalue weighted by Gasteiger charge is 2.49. The topological polar surface area (TPSA) is 55.8 Å². The summed E-state index contributed by atoms with van der Waals surface area (Å²) in [4.78, 5) is 10.7. The zero-order chi connectivity index (χ0) is 9.42. The highest BCUT2D eigenvalue weighted by atomic mass is 16.7. The number of hydrogen-bond acceptors (Lipinski definition) is 4. The van der Waals surface area contributed by atoms with E-state index in [2.05, 4.69) is 0 Å². The molecule has 0 aromatic carbocycles. The van der Waals surface area contributed by atoms with Crippen molar-refractivity contribution in [3.8, 4) is 0 Å². The fourth-order valence-corrected chi connectivity index (χ4v) is 2.38. The molecule has 1 saturated heterocycles. The van der Waals surface area contributed by atoms with Gasteiger partial charge in [-0.05, 0) is 0 Å². The summed E-state index contributed by atoms with van der Waals surface area (Å²) in [5.74, 6) is -0.109. The molecule has 1 aliphatic carbocycles. The molecule has 13 heavy (non-hydrogen) atoms. The molecule has 4 heteroatoms. The number of ether oxygens (including phenoxy) is 2. The van der Waals surface area contributed by atoms with Gasteiger partial charge in [-0.2, -0.15) is 0 Å². The third-order valence-corrected chi connectivity index (χ3v) is 3.10. The van der Waals surface area contributed by atoms with E-state index in [1.54, 1.807) is 7.11 Å². The van der Waals surface area contributed by atoms with Crippen LogP contribution in [0.3, 0.4) is 0 Å². The van der Waals surface area contributed by atoms with Crippen molar-refractivity contribution in [2.45, 2.75) is 31.3 Å². The molecule has 0 aromatic rings. The Bertz CT molecular complexity index is 206. The smallest absolute Gasteiger partial charge is 0.157 e. The Labute approximate surface area is 76.8 Å². The molecule has 2 aliphatic rings. The second-order valence-electron chi connectivity index (χ2n) is 3.76. The lowest BCUT2D eigenvalue weighted by atomic mass is 9.93. The second-order valence-corrected chi connectivity index (χ2v) is 3.76. The lowest BCUT2D eigenvalue weighted by molar-refractivity contribution is -0.119. The second kappa shape index (κ2) is 3.36. The summed E-state index contributed by atoms with van der Waals surface area (Å²) in [6.45, 7) is 0. The van der Waals surface area contributed by atoms with Crippen LogP contribution in [-0.2, 0) is 14.3 Å². The van der Waals surface area contributed by atoms with Crippen molar-refractivity contribution in [1.82, 2.24) is 0 Å². The fraction of sp³-hybridized carbons (Fsp3) is 0.889. The molecule has 2 rings (SSSR count). The van der Waals surface area contributed by atoms with Crippen molar-refractivity contribution in [2.75, 3.05) is 7.11 Å². The minimum absolute atomic E-state index is 0.00940. The lowest BCUT2D eigenvalue weighted by Crippen LogP contribution is -2.22. The molecule has 0 spiro atoms. The molecule has 1 N–H and O–H groups in total. The summed E-state index contributed by atoms with van der Waals surface area (Å²) in [7, 11) is 1.60. The van der Waals surface area contributed by atoms with Gasteiger partial charge in [-0.3, -0.25) is 0 Å². The Morgan fingerprint density at radius 3 is 2.92 bits per heavy atom. The first-order valence-electron chi connectivity index (χ1n) is 4.58. The van der Waals surface area contributed by atoms with Gasteiger partial charge >= 0.3 is 0 Å². The van der Waals surface area contributed by atoms with Gasteiger partial charge in [0.2, 0.25) is 0 Å². The number of methoxy groups -OCH3 is 1. The predicted octanol–water partition coefficient (Wildman–Crippen LogP) is -0.0563. The molecule has 1 aliphatic heterocycles. The predicted molar refractivity (Wildman–Crippen MR) is 44.0 cm³/mol. The molecule has 4 nitrogen and oxygen atoms in total. The zero-order valence-corrected chi connectivity index (χ0v) is 7.55. The summed E-state index contributed by atoms with van der Waals surface area (Å²) in [5.41, 5.74) is 0. The van der Waals surface area contributed by atoms with E-state index in [-0.39, 0.29) is 24.2 Å². The van der Waals surface area contributed by atoms with Gasteiger partial charge in [0.1, 0.15) is 6.29 Å². The van der Waals surface area contributed by atoms with Gasteiger partial charge in [0.05, 0.1) is 12.2 Å². The van der Waals surface area contributed by atoms with Crippen LogP contribution in [0.1, 0.15) is 12.8 Å². The number of aliphatic hydroxyl groups excluding tert-OH is 1. The van der Waals surface area contributed by atoms with Crippen LogP contribution >= 0.6 is 0 Å². The van der Waals surface area contributed by atoms with Gasteiger partial charge in [0.25, 0.3) is 0 Å². The van der Waals surface area contributed by atoms with Crippen LogP contribution in [-0.4, -0.2) is 37.0 Å². The van der Waals surface area contributed by atoms with Gasteiger partial charge in [-0.25, -0.2) is 0 Å². The van der Waals surface area contributed by atoms with Crippen LogP contribution in [0.15, 0.2) is 0 Å². The molecule has 2 fully saturated rings. The molecule has 0 radical (unpaired) electrons. The van der Waals surface area contributed by atoms with E-state index in [0.717, 1.165) is 12.7 Å². The highest BCUT2D eigenvalue weighted by Crippen LogP contribution is 2.42. The fourth-order valence-electron chi connectivity index (χ4n) is 2.38. The maximum Gasteiger partial charge on any atom is 0.157 e. The number of hydrogen-bond donors (Lipinski definition) is 1. The number of aliphatic hydroxyl groups is 1. The number of rotatable bonds is 2. The summed E-state index contributed by atoms with van der Waals surface area (Å²) < 4.78 is 10.6. The van der Waals surface area contributed by atoms with Crippen molar-refractivity contribution in [3.63, 3.8) is 0 Å². The summed E-state index contributed by atoms with van der Waals surface area (Å²) in [5, 5.41) is 9.50. The van der Waals surface area contributed by atoms with E-state index in [9.17, 15) is 9.90 Å². The van der Waals surface area contributed by atoms with Gasteiger partial charge in [0.15, 0.2) is 6.29 Å². The molecular formula is C9H14O4. The Balaban J connectivity index is 2.06. The van der Waals surface area contributed by atoms with Crippen LogP contribution in [0.4, 0.5) is 0 Å². The summed E-state index contributed by atoms with van der Waals surface area (Å²) >= 11 is 0. The maximum absolute atomic E-state index is 10.7. The van der Waals surface area contributed by atoms with Crippen LogP contribution in [0.5, 0.6) is 0 Å². The Kier molecular flexibility index (Phi) is 2.36. The van der Waals surface area contributed by atoms with Crippen LogP contribution in [0.25, 0.3) is 0 Å². The van der Waals surface area contributed by atoms with E-state index < -0.39 is 6.10 Å². The van der Waals surface area contributed by atoms with Crippen molar-refractivity contribution in [3.05, 3.63) is 0 Å². The first-order valence-corrected chi connectivity index (χ1v) is 4.58. The van der Waals surface area contributed by atoms with Crippen molar-refractivity contribution in [1.29, 1.82) is 0 Å². The Morgan fingerprint density at radius 2 is 2.31 bits per heavy atom. The number of carbonyl (C=O) groups excluding carboxylic acids is 1. The normalized spacial score (nSPS) is 49.2. The molecule has 5 unspecified atom stereocenters. The minimum Gasteiger partial charge on any atom is -0.392 e. The molecule has 5 atom stereocenters. The number of fused-ring (bicyclic) bond motifs is 1. The van der Waals surface area contributed by atoms with Crippen molar-refractivity contribution >= 4 is 6.29 Å². The molecule has 0 bridgehead atoms. The Hall–Kier alpha value is -0.450. The van der Waals surface area contributed by atoms with E-state index in [4.69, 9.17) is 9.47 Å². The SMILES string of the molecule is COC1CC2C(CC(O)C2C=O)O1. The molecule has 0 amide bonds. The standard InChI is InChI=1S/C9H14O4/c1-12-9-2-5-6(4-10)7(11)3-8(5)13-9/h4-9,11H,2-3H2,1H3. The number of carbonyl (C=O) groups is 1. The van der Waals surface area contributed by atoms with Crippen molar-refractivity contribution in [2.24, 2.45) is 11.8 Å². The first-order chi connectivity index (χ1) is 6.26. The molecule has 1 heterocycles. The van der Waals surface area contributed by atoms with Gasteiger partial charge in [0, 0.05) is 31.8 Å². The monoisotopic (exact) mass is 186 g/mol. The van der Waals surface area contributed by atoms with Crippen LogP contribution in [0.2, 0.25) is 0 Å². The molecule has 74 valence electrons. The maximum atomic E-state index is 10.7. The average molecular weight is 186 g/mol. The third kappa shape index (κ3) is 1.39. The molecule has 1 saturated carbocycles. The summed E-state index contributed by atoms with van der Waals surface area (Å²) in [6.07, 6.45) is 1.43. The summed E-state index contributed by atoms with van der Waals surface area (Å²) in [6, 6.07) is 0. The van der Waals surface area contributed by atoms with Crippen LogP contribution < -0.4 is 0 Å². The minimum atomic E-state index is -0.523.